The summed E-state index contributed by atoms with van der Waals surface area (Å²) in [6.45, 7) is 12.1. The lowest BCUT2D eigenvalue weighted by molar-refractivity contribution is 0.435. The second-order valence-corrected chi connectivity index (χ2v) is 6.33. The lowest BCUT2D eigenvalue weighted by Gasteiger charge is -2.24. The van der Waals surface area contributed by atoms with Gasteiger partial charge in [-0.05, 0) is 37.5 Å². The van der Waals surface area contributed by atoms with E-state index in [0.717, 1.165) is 24.1 Å². The van der Waals surface area contributed by atoms with Gasteiger partial charge in [0.05, 0.1) is 0 Å². The number of hydrogen-bond donors (Lipinski definition) is 2. The van der Waals surface area contributed by atoms with Crippen molar-refractivity contribution in [1.29, 1.82) is 0 Å². The number of nitrogens with one attached hydrogen (secondary N) is 2. The monoisotopic (exact) mass is 276 g/mol. The van der Waals surface area contributed by atoms with Gasteiger partial charge in [0.25, 0.3) is 0 Å². The predicted octanol–water partition coefficient (Wildman–Crippen LogP) is 3.88. The largest absolute Gasteiger partial charge is 0.370 e. The Kier molecular flexibility index (Phi) is 4.84. The Morgan fingerprint density at radius 3 is 2.45 bits per heavy atom. The van der Waals surface area contributed by atoms with Gasteiger partial charge >= 0.3 is 0 Å². The van der Waals surface area contributed by atoms with Crippen LogP contribution >= 0.6 is 0 Å². The Bertz CT molecular complexity index is 444. The van der Waals surface area contributed by atoms with Gasteiger partial charge in [0.2, 0.25) is 0 Å². The van der Waals surface area contributed by atoms with Crippen molar-refractivity contribution in [2.45, 2.75) is 59.4 Å². The molecule has 0 aromatic carbocycles. The van der Waals surface area contributed by atoms with Gasteiger partial charge in [-0.2, -0.15) is 0 Å². The third-order valence-corrected chi connectivity index (χ3v) is 4.59. The van der Waals surface area contributed by atoms with Gasteiger partial charge in [-0.1, -0.05) is 27.7 Å². The Balaban J connectivity index is 2.24. The van der Waals surface area contributed by atoms with E-state index >= 15 is 0 Å². The molecule has 112 valence electrons. The predicted molar refractivity (Wildman–Crippen MR) is 85.3 cm³/mol. The molecule has 20 heavy (non-hydrogen) atoms. The Morgan fingerprint density at radius 2 is 1.90 bits per heavy atom. The van der Waals surface area contributed by atoms with Gasteiger partial charge in [-0.3, -0.25) is 0 Å². The first kappa shape index (κ1) is 15.1. The van der Waals surface area contributed by atoms with E-state index in [4.69, 9.17) is 0 Å². The van der Waals surface area contributed by atoms with Crippen LogP contribution in [0.25, 0.3) is 0 Å². The van der Waals surface area contributed by atoms with Gasteiger partial charge in [0, 0.05) is 18.2 Å². The fraction of sp³-hybridized carbons (Fsp3) is 0.750. The molecule has 0 radical (unpaired) electrons. The van der Waals surface area contributed by atoms with Gasteiger partial charge < -0.3 is 10.6 Å². The van der Waals surface area contributed by atoms with Crippen molar-refractivity contribution in [3.63, 3.8) is 0 Å². The fourth-order valence-corrected chi connectivity index (χ4v) is 3.11. The van der Waals surface area contributed by atoms with Crippen molar-refractivity contribution in [2.24, 2.45) is 11.8 Å². The minimum Gasteiger partial charge on any atom is -0.370 e. The second-order valence-electron chi connectivity index (χ2n) is 6.33. The summed E-state index contributed by atoms with van der Waals surface area (Å²) < 4.78 is 0. The van der Waals surface area contributed by atoms with E-state index in [1.807, 2.05) is 0 Å². The zero-order chi connectivity index (χ0) is 14.7. The summed E-state index contributed by atoms with van der Waals surface area (Å²) in [7, 11) is 0. The Labute approximate surface area is 122 Å². The average Bonchev–Trinajstić information content (AvgIpc) is 2.71. The second kappa shape index (κ2) is 6.42. The van der Waals surface area contributed by atoms with Crippen LogP contribution in [0.3, 0.4) is 0 Å². The highest BCUT2D eigenvalue weighted by molar-refractivity contribution is 5.59. The normalized spacial score (nSPS) is 26.0. The average molecular weight is 276 g/mol. The third kappa shape index (κ3) is 3.05. The summed E-state index contributed by atoms with van der Waals surface area (Å²) in [6.07, 6.45) is 4.21. The summed E-state index contributed by atoms with van der Waals surface area (Å²) >= 11 is 0. The highest BCUT2D eigenvalue weighted by atomic mass is 15.1. The van der Waals surface area contributed by atoms with E-state index < -0.39 is 0 Å². The summed E-state index contributed by atoms with van der Waals surface area (Å²) in [5.74, 6) is 3.88. The minimum absolute atomic E-state index is 0.405. The molecular weight excluding hydrogens is 248 g/mol. The molecule has 1 saturated carbocycles. The first-order chi connectivity index (χ1) is 9.54. The van der Waals surface area contributed by atoms with Crippen molar-refractivity contribution < 1.29 is 0 Å². The molecule has 2 N–H and O–H groups in total. The highest BCUT2D eigenvalue weighted by Gasteiger charge is 2.30. The molecule has 2 rings (SSSR count). The van der Waals surface area contributed by atoms with E-state index in [0.29, 0.717) is 17.9 Å². The van der Waals surface area contributed by atoms with Crippen LogP contribution in [-0.4, -0.2) is 22.6 Å². The molecule has 3 atom stereocenters. The minimum atomic E-state index is 0.405. The maximum absolute atomic E-state index is 4.50. The van der Waals surface area contributed by atoms with E-state index in [2.05, 4.69) is 55.2 Å². The van der Waals surface area contributed by atoms with Gasteiger partial charge in [-0.15, -0.1) is 0 Å². The number of hydrogen-bond acceptors (Lipinski definition) is 4. The maximum atomic E-state index is 4.50. The molecule has 0 amide bonds. The molecule has 4 nitrogen and oxygen atoms in total. The van der Waals surface area contributed by atoms with Crippen molar-refractivity contribution >= 4 is 11.6 Å². The summed E-state index contributed by atoms with van der Waals surface area (Å²) in [4.78, 5) is 8.90. The zero-order valence-electron chi connectivity index (χ0n) is 13.4. The highest BCUT2D eigenvalue weighted by Crippen LogP contribution is 2.35. The molecule has 0 bridgehead atoms. The molecule has 1 aromatic heterocycles. The van der Waals surface area contributed by atoms with E-state index in [-0.39, 0.29) is 0 Å². The SMILES string of the molecule is CCNc1ncnc(NC2CCC(C)C2C)c1C(C)C. The molecule has 1 heterocycles. The van der Waals surface area contributed by atoms with Crippen LogP contribution < -0.4 is 10.6 Å². The molecule has 3 unspecified atom stereocenters. The van der Waals surface area contributed by atoms with Gasteiger partial charge in [0.1, 0.15) is 18.0 Å². The van der Waals surface area contributed by atoms with E-state index in [9.17, 15) is 0 Å². The van der Waals surface area contributed by atoms with Crippen LogP contribution in [0.5, 0.6) is 0 Å². The lowest BCUT2D eigenvalue weighted by atomic mass is 9.97. The standard InChI is InChI=1S/C16H28N4/c1-6-17-15-14(10(2)3)16(19-9-18-15)20-13-8-7-11(4)12(13)5/h9-13H,6-8H2,1-5H3,(H2,17,18,19,20). The molecular formula is C16H28N4. The summed E-state index contributed by atoms with van der Waals surface area (Å²) in [5, 5.41) is 7.03. The van der Waals surface area contributed by atoms with Crippen LogP contribution in [0.4, 0.5) is 11.6 Å². The summed E-state index contributed by atoms with van der Waals surface area (Å²) in [6, 6.07) is 0.534. The Hall–Kier alpha value is -1.32. The number of anilines is 2. The first-order valence-electron chi connectivity index (χ1n) is 7.89. The molecule has 1 fully saturated rings. The van der Waals surface area contributed by atoms with Crippen molar-refractivity contribution in [3.05, 3.63) is 11.9 Å². The molecule has 0 aliphatic heterocycles. The van der Waals surface area contributed by atoms with Gasteiger partial charge in [-0.25, -0.2) is 9.97 Å². The van der Waals surface area contributed by atoms with Crippen molar-refractivity contribution in [1.82, 2.24) is 9.97 Å². The van der Waals surface area contributed by atoms with E-state index in [1.54, 1.807) is 6.33 Å². The smallest absolute Gasteiger partial charge is 0.135 e. The van der Waals surface area contributed by atoms with Crippen molar-refractivity contribution in [2.75, 3.05) is 17.2 Å². The molecule has 0 spiro atoms. The van der Waals surface area contributed by atoms with Gasteiger partial charge in [0.15, 0.2) is 0 Å². The van der Waals surface area contributed by atoms with Crippen LogP contribution in [-0.2, 0) is 0 Å². The summed E-state index contributed by atoms with van der Waals surface area (Å²) in [5.41, 5.74) is 1.21. The molecule has 1 aliphatic rings. The number of aromatic nitrogens is 2. The van der Waals surface area contributed by atoms with Crippen LogP contribution in [0, 0.1) is 11.8 Å². The number of nitrogens with zero attached hydrogens (tertiary/aromatic N) is 2. The zero-order valence-corrected chi connectivity index (χ0v) is 13.4. The number of rotatable bonds is 5. The maximum Gasteiger partial charge on any atom is 0.135 e. The molecule has 1 aliphatic carbocycles. The molecule has 1 aromatic rings. The quantitative estimate of drug-likeness (QED) is 0.857. The van der Waals surface area contributed by atoms with Crippen LogP contribution in [0.1, 0.15) is 58.9 Å². The van der Waals surface area contributed by atoms with Crippen LogP contribution in [0.2, 0.25) is 0 Å². The van der Waals surface area contributed by atoms with Crippen LogP contribution in [0.15, 0.2) is 6.33 Å². The third-order valence-electron chi connectivity index (χ3n) is 4.59. The topological polar surface area (TPSA) is 49.8 Å². The Morgan fingerprint density at radius 1 is 1.20 bits per heavy atom. The fourth-order valence-electron chi connectivity index (χ4n) is 3.11. The molecule has 4 heteroatoms. The molecule has 0 saturated heterocycles. The van der Waals surface area contributed by atoms with E-state index in [1.165, 1.54) is 18.4 Å². The first-order valence-corrected chi connectivity index (χ1v) is 7.89. The lowest BCUT2D eigenvalue weighted by Crippen LogP contribution is -2.26. The van der Waals surface area contributed by atoms with Crippen molar-refractivity contribution in [3.8, 4) is 0 Å².